The molecule has 0 aliphatic heterocycles. The molecule has 0 aliphatic carbocycles. The molecule has 0 unspecified atom stereocenters. The molecule has 1 rings (SSSR count). The van der Waals surface area contributed by atoms with Crippen molar-refractivity contribution < 1.29 is 4.79 Å². The molecule has 0 fully saturated rings. The highest BCUT2D eigenvalue weighted by Gasteiger charge is 2.05. The van der Waals surface area contributed by atoms with Crippen LogP contribution >= 0.6 is 11.6 Å². The van der Waals surface area contributed by atoms with Gasteiger partial charge in [0.15, 0.2) is 0 Å². The number of carbonyl (C=O) groups excluding carboxylic acids is 1. The Hall–Kier alpha value is -1.07. The molecule has 0 saturated carbocycles. The summed E-state index contributed by atoms with van der Waals surface area (Å²) in [7, 11) is 0. The van der Waals surface area contributed by atoms with Crippen LogP contribution in [0, 0.1) is 6.92 Å². The van der Waals surface area contributed by atoms with Crippen molar-refractivity contribution in [1.29, 1.82) is 0 Å². The van der Waals surface area contributed by atoms with Crippen molar-refractivity contribution in [1.82, 2.24) is 15.1 Å². The van der Waals surface area contributed by atoms with E-state index in [0.29, 0.717) is 18.1 Å². The lowest BCUT2D eigenvalue weighted by molar-refractivity contribution is -0.121. The van der Waals surface area contributed by atoms with Gasteiger partial charge in [-0.25, -0.2) is 0 Å². The lowest BCUT2D eigenvalue weighted by Gasteiger charge is -2.03. The molecule has 0 radical (unpaired) electrons. The maximum absolute atomic E-state index is 11.4. The maximum atomic E-state index is 11.4. The van der Waals surface area contributed by atoms with Crippen LogP contribution in [0.15, 0.2) is 6.20 Å². The molecule has 1 aromatic heterocycles. The van der Waals surface area contributed by atoms with Crippen LogP contribution < -0.4 is 11.1 Å². The number of carbonyl (C=O) groups is 1. The van der Waals surface area contributed by atoms with Crippen LogP contribution in [0.3, 0.4) is 0 Å². The van der Waals surface area contributed by atoms with Gasteiger partial charge in [-0.05, 0) is 19.9 Å². The zero-order valence-electron chi connectivity index (χ0n) is 8.66. The van der Waals surface area contributed by atoms with Crippen LogP contribution in [0.25, 0.3) is 0 Å². The Morgan fingerprint density at radius 3 is 3.00 bits per heavy atom. The van der Waals surface area contributed by atoms with Gasteiger partial charge in [0, 0.05) is 12.7 Å². The molecule has 15 heavy (non-hydrogen) atoms. The third-order valence-corrected chi connectivity index (χ3v) is 2.27. The van der Waals surface area contributed by atoms with Crippen LogP contribution in [-0.2, 0) is 11.3 Å². The summed E-state index contributed by atoms with van der Waals surface area (Å²) in [6, 6.07) is 0. The largest absolute Gasteiger partial charge is 0.354 e. The van der Waals surface area contributed by atoms with Crippen molar-refractivity contribution in [2.45, 2.75) is 19.9 Å². The molecule has 0 aliphatic rings. The molecule has 3 N–H and O–H groups in total. The number of nitrogens with two attached hydrogens (primary N) is 1. The number of aryl methyl sites for hydroxylation is 1. The van der Waals surface area contributed by atoms with Crippen molar-refractivity contribution in [2.24, 2.45) is 5.73 Å². The van der Waals surface area contributed by atoms with Crippen molar-refractivity contribution in [3.05, 3.63) is 16.9 Å². The molecular formula is C9H15ClN4O. The normalized spacial score (nSPS) is 10.3. The third kappa shape index (κ3) is 3.89. The highest BCUT2D eigenvalue weighted by atomic mass is 35.5. The van der Waals surface area contributed by atoms with Gasteiger partial charge in [-0.2, -0.15) is 5.10 Å². The van der Waals surface area contributed by atoms with E-state index in [-0.39, 0.29) is 12.5 Å². The summed E-state index contributed by atoms with van der Waals surface area (Å²) in [6.07, 6.45) is 2.42. The zero-order chi connectivity index (χ0) is 11.3. The molecule has 1 heterocycles. The smallest absolute Gasteiger partial charge is 0.241 e. The molecule has 1 amide bonds. The molecule has 0 atom stereocenters. The van der Waals surface area contributed by atoms with E-state index in [1.54, 1.807) is 13.1 Å². The van der Waals surface area contributed by atoms with Crippen LogP contribution in [0.5, 0.6) is 0 Å². The molecule has 0 bridgehead atoms. The van der Waals surface area contributed by atoms with Crippen molar-refractivity contribution in [2.75, 3.05) is 13.1 Å². The second-order valence-corrected chi connectivity index (χ2v) is 3.66. The first-order valence-electron chi connectivity index (χ1n) is 4.80. The first kappa shape index (κ1) is 12.0. The Balaban J connectivity index is 2.37. The average molecular weight is 231 g/mol. The molecular weight excluding hydrogens is 216 g/mol. The van der Waals surface area contributed by atoms with Crippen molar-refractivity contribution in [3.63, 3.8) is 0 Å². The Morgan fingerprint density at radius 1 is 1.73 bits per heavy atom. The lowest BCUT2D eigenvalue weighted by Crippen LogP contribution is -2.29. The SMILES string of the molecule is Cc1nn(CC(=O)NCCCN)cc1Cl. The average Bonchev–Trinajstić information content (AvgIpc) is 2.46. The van der Waals surface area contributed by atoms with E-state index in [9.17, 15) is 4.79 Å². The van der Waals surface area contributed by atoms with Gasteiger partial charge in [0.25, 0.3) is 0 Å². The highest BCUT2D eigenvalue weighted by molar-refractivity contribution is 6.31. The molecule has 0 saturated heterocycles. The van der Waals surface area contributed by atoms with E-state index in [4.69, 9.17) is 17.3 Å². The third-order valence-electron chi connectivity index (χ3n) is 1.90. The fourth-order valence-corrected chi connectivity index (χ4v) is 1.26. The summed E-state index contributed by atoms with van der Waals surface area (Å²) >= 11 is 5.81. The quantitative estimate of drug-likeness (QED) is 0.715. The Morgan fingerprint density at radius 2 is 2.47 bits per heavy atom. The van der Waals surface area contributed by atoms with Crippen molar-refractivity contribution >= 4 is 17.5 Å². The predicted octanol–water partition coefficient (Wildman–Crippen LogP) is 0.310. The summed E-state index contributed by atoms with van der Waals surface area (Å²) < 4.78 is 1.52. The summed E-state index contributed by atoms with van der Waals surface area (Å²) in [4.78, 5) is 11.4. The van der Waals surface area contributed by atoms with Gasteiger partial charge in [0.2, 0.25) is 5.91 Å². The predicted molar refractivity (Wildman–Crippen MR) is 58.7 cm³/mol. The Kier molecular flexibility index (Phi) is 4.58. The number of nitrogens with zero attached hydrogens (tertiary/aromatic N) is 2. The van der Waals surface area contributed by atoms with Gasteiger partial charge in [0.05, 0.1) is 10.7 Å². The molecule has 1 aromatic rings. The van der Waals surface area contributed by atoms with Crippen LogP contribution in [0.2, 0.25) is 5.02 Å². The molecule has 5 nitrogen and oxygen atoms in total. The Bertz CT molecular complexity index is 317. The first-order chi connectivity index (χ1) is 7.13. The molecule has 6 heteroatoms. The second-order valence-electron chi connectivity index (χ2n) is 3.25. The monoisotopic (exact) mass is 230 g/mol. The standard InChI is InChI=1S/C9H15ClN4O/c1-7-8(10)5-14(13-7)6-9(15)12-4-2-3-11/h5H,2-4,6,11H2,1H3,(H,12,15). The van der Waals surface area contributed by atoms with Crippen LogP contribution in [0.1, 0.15) is 12.1 Å². The summed E-state index contributed by atoms with van der Waals surface area (Å²) in [5, 5.41) is 7.39. The lowest BCUT2D eigenvalue weighted by atomic mass is 10.4. The van der Waals surface area contributed by atoms with Crippen molar-refractivity contribution in [3.8, 4) is 0 Å². The topological polar surface area (TPSA) is 72.9 Å². The highest BCUT2D eigenvalue weighted by Crippen LogP contribution is 2.11. The molecule has 0 spiro atoms. The van der Waals surface area contributed by atoms with Gasteiger partial charge in [0.1, 0.15) is 6.54 Å². The number of hydrogen-bond donors (Lipinski definition) is 2. The maximum Gasteiger partial charge on any atom is 0.241 e. The summed E-state index contributed by atoms with van der Waals surface area (Å²) in [5.41, 5.74) is 6.03. The Labute approximate surface area is 93.6 Å². The van der Waals surface area contributed by atoms with E-state index in [2.05, 4.69) is 10.4 Å². The molecule has 0 aromatic carbocycles. The second kappa shape index (κ2) is 5.72. The number of hydrogen-bond acceptors (Lipinski definition) is 3. The van der Waals surface area contributed by atoms with Crippen LogP contribution in [0.4, 0.5) is 0 Å². The van der Waals surface area contributed by atoms with E-state index in [1.165, 1.54) is 4.68 Å². The van der Waals surface area contributed by atoms with Gasteiger partial charge in [-0.1, -0.05) is 11.6 Å². The van der Waals surface area contributed by atoms with Gasteiger partial charge < -0.3 is 11.1 Å². The minimum Gasteiger partial charge on any atom is -0.354 e. The van der Waals surface area contributed by atoms with E-state index >= 15 is 0 Å². The fourth-order valence-electron chi connectivity index (χ4n) is 1.11. The summed E-state index contributed by atoms with van der Waals surface area (Å²) in [6.45, 7) is 3.17. The summed E-state index contributed by atoms with van der Waals surface area (Å²) in [5.74, 6) is -0.0809. The van der Waals surface area contributed by atoms with E-state index in [1.807, 2.05) is 0 Å². The van der Waals surface area contributed by atoms with Gasteiger partial charge in [-0.15, -0.1) is 0 Å². The minimum absolute atomic E-state index is 0.0809. The minimum atomic E-state index is -0.0809. The van der Waals surface area contributed by atoms with Gasteiger partial charge >= 0.3 is 0 Å². The first-order valence-corrected chi connectivity index (χ1v) is 5.17. The number of aromatic nitrogens is 2. The van der Waals surface area contributed by atoms with Crippen LogP contribution in [-0.4, -0.2) is 28.8 Å². The fraction of sp³-hybridized carbons (Fsp3) is 0.556. The number of halogens is 1. The van der Waals surface area contributed by atoms with Gasteiger partial charge in [-0.3, -0.25) is 9.48 Å². The number of amides is 1. The molecule has 84 valence electrons. The van der Waals surface area contributed by atoms with E-state index < -0.39 is 0 Å². The number of rotatable bonds is 5. The van der Waals surface area contributed by atoms with E-state index in [0.717, 1.165) is 12.1 Å². The number of nitrogens with one attached hydrogen (secondary N) is 1. The zero-order valence-corrected chi connectivity index (χ0v) is 9.42.